The molecule has 1 rings (SSSR count). The normalized spacial score (nSPS) is 25.4. The first kappa shape index (κ1) is 36.5. The van der Waals surface area contributed by atoms with Crippen LogP contribution in [0.25, 0.3) is 0 Å². The van der Waals surface area contributed by atoms with E-state index < -0.39 is 97.9 Å². The Morgan fingerprint density at radius 3 is 1.22 bits per heavy atom. The molecule has 1 saturated carbocycles. The molecule has 0 aromatic rings. The van der Waals surface area contributed by atoms with Gasteiger partial charge in [0.2, 0.25) is 0 Å². The van der Waals surface area contributed by atoms with Gasteiger partial charge in [-0.1, -0.05) is 0 Å². The van der Waals surface area contributed by atoms with Crippen LogP contribution < -0.4 is 18.0 Å². The minimum atomic E-state index is -13.0. The van der Waals surface area contributed by atoms with Crippen molar-refractivity contribution in [2.24, 2.45) is 0 Å². The van der Waals surface area contributed by atoms with Gasteiger partial charge in [-0.05, 0) is 0 Å². The molecule has 0 aromatic heterocycles. The van der Waals surface area contributed by atoms with Gasteiger partial charge in [-0.15, -0.1) is 0 Å². The van der Waals surface area contributed by atoms with Gasteiger partial charge in [0.25, 0.3) is 0 Å². The second kappa shape index (κ2) is 9.53. The first-order valence-corrected chi connectivity index (χ1v) is 17.0. The molecule has 0 spiro atoms. The average molecular weight is 728 g/mol. The topological polar surface area (TPSA) is 57.2 Å². The van der Waals surface area contributed by atoms with Crippen LogP contribution in [0.2, 0.25) is 0 Å². The molecule has 0 aromatic carbocycles. The molecular weight excluding hydrogens is 710 g/mol. The summed E-state index contributed by atoms with van der Waals surface area (Å²) < 4.78 is 244. The Bertz CT molecular complexity index is 890. The van der Waals surface area contributed by atoms with Crippen LogP contribution in [0.5, 0.6) is 0 Å². The molecule has 228 valence electrons. The van der Waals surface area contributed by atoms with Gasteiger partial charge < -0.3 is 4.55 Å². The van der Waals surface area contributed by atoms with Gasteiger partial charge in [0, 0.05) is 6.26 Å². The van der Waals surface area contributed by atoms with Crippen molar-refractivity contribution in [3.05, 3.63) is 0 Å². The van der Waals surface area contributed by atoms with Crippen LogP contribution in [0.4, 0.5) is 68.5 Å². The van der Waals surface area contributed by atoms with E-state index in [1.807, 2.05) is 0 Å². The Kier molecular flexibility index (Phi) is 9.39. The molecule has 1 aliphatic rings. The van der Waals surface area contributed by atoms with E-state index in [1.165, 1.54) is 0 Å². The molecule has 0 radical (unpaired) electrons. The van der Waals surface area contributed by atoms with Gasteiger partial charge in [0.15, 0.2) is 0 Å². The standard InChI is InChI=1S/C14H15F17I.CH4O3S/c15-8(16)6-4-2-1-3-5-7-32(28,29,30,31)14(27)12(23,24)10(19,20)9(17,18)11(21,22)13(14,25)26;1-5(2,3)4/h8H,1-7H2;1H3,(H,2,3,4)/q+1;/p-1. The summed E-state index contributed by atoms with van der Waals surface area (Å²) in [6, 6.07) is 0. The van der Waals surface area contributed by atoms with Crippen LogP contribution in [0, 0.1) is 0 Å². The van der Waals surface area contributed by atoms with Gasteiger partial charge in [-0.25, -0.2) is 8.42 Å². The monoisotopic (exact) mass is 728 g/mol. The minimum absolute atomic E-state index is 0.277. The number of halogens is 18. The van der Waals surface area contributed by atoms with Crippen molar-refractivity contribution in [3.8, 4) is 0 Å². The van der Waals surface area contributed by atoms with E-state index in [0.717, 1.165) is 0 Å². The van der Waals surface area contributed by atoms with Crippen molar-refractivity contribution < 1.29 is 99.4 Å². The van der Waals surface area contributed by atoms with Gasteiger partial charge in [0.05, 0.1) is 10.1 Å². The third-order valence-electron chi connectivity index (χ3n) is 4.88. The zero-order valence-electron chi connectivity index (χ0n) is 18.0. The molecule has 0 saturated heterocycles. The number of unbranched alkanes of at least 4 members (excludes halogenated alkanes) is 4. The first-order valence-electron chi connectivity index (χ1n) is 9.36. The van der Waals surface area contributed by atoms with Gasteiger partial charge in [-0.3, -0.25) is 0 Å². The Hall–Kier alpha value is -0.550. The van der Waals surface area contributed by atoms with E-state index in [9.17, 15) is 68.5 Å². The molecule has 22 heteroatoms. The molecule has 1 fully saturated rings. The number of rotatable bonds is 9. The third kappa shape index (κ3) is 5.98. The average Bonchev–Trinajstić information content (AvgIpc) is 2.62. The summed E-state index contributed by atoms with van der Waals surface area (Å²) in [6.07, 6.45) is -6.83. The molecule has 37 heavy (non-hydrogen) atoms. The quantitative estimate of drug-likeness (QED) is 0.117. The molecular formula is C15H18F17IO3S. The van der Waals surface area contributed by atoms with Gasteiger partial charge in [-0.2, -0.15) is 0 Å². The van der Waals surface area contributed by atoms with E-state index in [2.05, 4.69) is 0 Å². The molecule has 0 N–H and O–H groups in total. The van der Waals surface area contributed by atoms with Crippen molar-refractivity contribution in [3.63, 3.8) is 0 Å². The van der Waals surface area contributed by atoms with Crippen molar-refractivity contribution in [1.29, 1.82) is 0 Å². The van der Waals surface area contributed by atoms with Crippen LogP contribution in [0.3, 0.4) is 0 Å². The predicted molar refractivity (Wildman–Crippen MR) is 87.2 cm³/mol. The van der Waals surface area contributed by atoms with Crippen LogP contribution in [-0.2, 0) is 10.1 Å². The number of hydrogen-bond donors (Lipinski definition) is 0. The SMILES string of the molecule is CS(=O)(=O)[O-].FC(F)CCCCCCC[I+](F)(F)(F)(F)C1(F)C(F)(F)C(F)(F)C(F)(F)C(F)(F)C1(F)F. The molecule has 0 unspecified atom stereocenters. The summed E-state index contributed by atoms with van der Waals surface area (Å²) in [4.78, 5) is 0. The van der Waals surface area contributed by atoms with E-state index >= 15 is 0 Å². The Morgan fingerprint density at radius 2 is 0.892 bits per heavy atom. The Balaban J connectivity index is 0.00000235. The summed E-state index contributed by atoms with van der Waals surface area (Å²) in [6.45, 7) is 0. The summed E-state index contributed by atoms with van der Waals surface area (Å²) in [5.41, 5.74) is 0. The first-order chi connectivity index (χ1) is 15.7. The molecule has 0 atom stereocenters. The van der Waals surface area contributed by atoms with E-state index in [1.54, 1.807) is 0 Å². The third-order valence-corrected chi connectivity index (χ3v) is 12.5. The molecule has 0 aliphatic heterocycles. The molecule has 0 heterocycles. The van der Waals surface area contributed by atoms with Crippen molar-refractivity contribution in [2.45, 2.75) is 78.2 Å². The molecule has 0 bridgehead atoms. The summed E-state index contributed by atoms with van der Waals surface area (Å²) in [7, 11) is -3.92. The van der Waals surface area contributed by atoms with E-state index in [4.69, 9.17) is 13.0 Å². The predicted octanol–water partition coefficient (Wildman–Crippen LogP) is 4.38. The van der Waals surface area contributed by atoms with E-state index in [-0.39, 0.29) is 12.8 Å². The summed E-state index contributed by atoms with van der Waals surface area (Å²) >= 11 is -13.0. The zero-order valence-corrected chi connectivity index (χ0v) is 20.9. The number of alkyl halides is 15. The fourth-order valence-corrected chi connectivity index (χ4v) is 9.53. The van der Waals surface area contributed by atoms with Crippen LogP contribution >= 0.6 is 0 Å². The fraction of sp³-hybridized carbons (Fsp3) is 1.00. The second-order valence-corrected chi connectivity index (χ2v) is 18.5. The maximum absolute atomic E-state index is 14.4. The van der Waals surface area contributed by atoms with Gasteiger partial charge in [0.1, 0.15) is 0 Å². The Morgan fingerprint density at radius 1 is 0.622 bits per heavy atom. The maximum atomic E-state index is 14.4. The van der Waals surface area contributed by atoms with E-state index in [0.29, 0.717) is 6.26 Å². The van der Waals surface area contributed by atoms with Crippen LogP contribution in [0.1, 0.15) is 38.5 Å². The summed E-state index contributed by atoms with van der Waals surface area (Å²) in [5.74, 6) is -40.7. The van der Waals surface area contributed by atoms with Crippen LogP contribution in [0.15, 0.2) is 0 Å². The summed E-state index contributed by atoms with van der Waals surface area (Å²) in [5, 5.41) is 0. The van der Waals surface area contributed by atoms with Crippen LogP contribution in [-0.4, -0.2) is 63.4 Å². The fourth-order valence-electron chi connectivity index (χ4n) is 3.03. The molecule has 1 aliphatic carbocycles. The Labute approximate surface area is 198 Å². The van der Waals surface area contributed by atoms with Crippen molar-refractivity contribution >= 4 is 10.1 Å². The van der Waals surface area contributed by atoms with Gasteiger partial charge >= 0.3 is 169 Å². The van der Waals surface area contributed by atoms with Crippen molar-refractivity contribution in [2.75, 3.05) is 10.7 Å². The second-order valence-electron chi connectivity index (χ2n) is 7.93. The number of hydrogen-bond acceptors (Lipinski definition) is 3. The van der Waals surface area contributed by atoms with Crippen molar-refractivity contribution in [1.82, 2.24) is 0 Å². The zero-order chi connectivity index (χ0) is 30.4. The molecule has 0 amide bonds. The molecule has 3 nitrogen and oxygen atoms in total.